The van der Waals surface area contributed by atoms with Gasteiger partial charge in [0.25, 0.3) is 0 Å². The maximum atomic E-state index is 12.3. The molecule has 2 N–H and O–H groups in total. The zero-order valence-electron chi connectivity index (χ0n) is 12.0. The quantitative estimate of drug-likeness (QED) is 0.764. The average Bonchev–Trinajstić information content (AvgIpc) is 2.79. The molecule has 0 aromatic rings. The second-order valence-electron chi connectivity index (χ2n) is 5.69. The van der Waals surface area contributed by atoms with Gasteiger partial charge in [0, 0.05) is 13.6 Å². The molecule has 0 saturated heterocycles. The highest BCUT2D eigenvalue weighted by Gasteiger charge is 2.42. The molecule has 5 heteroatoms. The van der Waals surface area contributed by atoms with Crippen LogP contribution in [0.25, 0.3) is 0 Å². The molecule has 1 rings (SSSR count). The van der Waals surface area contributed by atoms with E-state index in [1.807, 2.05) is 6.92 Å². The van der Waals surface area contributed by atoms with E-state index in [4.69, 9.17) is 0 Å². The minimum atomic E-state index is -0.863. The van der Waals surface area contributed by atoms with Gasteiger partial charge in [0.05, 0.1) is 17.9 Å². The first-order valence-corrected chi connectivity index (χ1v) is 7.02. The maximum Gasteiger partial charge on any atom is 0.307 e. The van der Waals surface area contributed by atoms with Gasteiger partial charge < -0.3 is 15.1 Å². The zero-order chi connectivity index (χ0) is 14.6. The number of nitrogens with zero attached hydrogens (tertiary/aromatic N) is 1. The summed E-state index contributed by atoms with van der Waals surface area (Å²) < 4.78 is 0. The summed E-state index contributed by atoms with van der Waals surface area (Å²) in [5.74, 6) is -1.57. The van der Waals surface area contributed by atoms with Crippen LogP contribution in [0.2, 0.25) is 0 Å². The van der Waals surface area contributed by atoms with Crippen molar-refractivity contribution in [3.63, 3.8) is 0 Å². The molecule has 4 atom stereocenters. The van der Waals surface area contributed by atoms with E-state index in [1.54, 1.807) is 18.9 Å². The number of rotatable bonds is 6. The van der Waals surface area contributed by atoms with Crippen LogP contribution in [0.15, 0.2) is 0 Å². The van der Waals surface area contributed by atoms with Crippen molar-refractivity contribution < 1.29 is 19.8 Å². The highest BCUT2D eigenvalue weighted by atomic mass is 16.4. The highest BCUT2D eigenvalue weighted by Crippen LogP contribution is 2.39. The molecule has 1 saturated carbocycles. The van der Waals surface area contributed by atoms with Crippen LogP contribution in [0, 0.1) is 17.8 Å². The minimum Gasteiger partial charge on any atom is -0.481 e. The fraction of sp³-hybridized carbons (Fsp3) is 0.857. The van der Waals surface area contributed by atoms with Gasteiger partial charge in [0.15, 0.2) is 0 Å². The van der Waals surface area contributed by atoms with Gasteiger partial charge in [-0.15, -0.1) is 0 Å². The van der Waals surface area contributed by atoms with Crippen molar-refractivity contribution >= 4 is 11.9 Å². The lowest BCUT2D eigenvalue weighted by Crippen LogP contribution is -2.38. The van der Waals surface area contributed by atoms with Crippen LogP contribution in [0.4, 0.5) is 0 Å². The molecule has 1 amide bonds. The number of aliphatic hydroxyl groups is 1. The summed E-state index contributed by atoms with van der Waals surface area (Å²) in [6.07, 6.45) is 2.27. The Kier molecular flexibility index (Phi) is 5.79. The van der Waals surface area contributed by atoms with E-state index in [2.05, 4.69) is 0 Å². The third-order valence-electron chi connectivity index (χ3n) is 4.13. The Morgan fingerprint density at radius 1 is 1.32 bits per heavy atom. The molecule has 2 unspecified atom stereocenters. The number of carboxylic acid groups (broad SMARTS) is 1. The van der Waals surface area contributed by atoms with Crippen molar-refractivity contribution in [2.75, 3.05) is 13.6 Å². The second kappa shape index (κ2) is 6.89. The fourth-order valence-corrected chi connectivity index (χ4v) is 2.80. The number of carboxylic acids is 1. The monoisotopic (exact) mass is 271 g/mol. The van der Waals surface area contributed by atoms with Gasteiger partial charge in [-0.25, -0.2) is 0 Å². The minimum absolute atomic E-state index is 0.0935. The van der Waals surface area contributed by atoms with E-state index < -0.39 is 23.9 Å². The largest absolute Gasteiger partial charge is 0.481 e. The Balaban J connectivity index is 2.65. The number of amides is 1. The smallest absolute Gasteiger partial charge is 0.307 e. The van der Waals surface area contributed by atoms with Crippen LogP contribution in [0.3, 0.4) is 0 Å². The molecular formula is C14H25NO4. The molecule has 110 valence electrons. The van der Waals surface area contributed by atoms with Crippen molar-refractivity contribution in [2.45, 2.75) is 45.6 Å². The van der Waals surface area contributed by atoms with Crippen LogP contribution >= 0.6 is 0 Å². The number of carbonyl (C=O) groups excluding carboxylic acids is 1. The van der Waals surface area contributed by atoms with E-state index in [-0.39, 0.29) is 5.91 Å². The first-order chi connectivity index (χ1) is 8.86. The predicted octanol–water partition coefficient (Wildman–Crippen LogP) is 1.35. The molecule has 0 aliphatic heterocycles. The SMILES string of the molecule is CCC1C[C@H](C(=O)N(C)CCC(C)O)[C@H](C(=O)O)C1. The van der Waals surface area contributed by atoms with Crippen LogP contribution in [0.5, 0.6) is 0 Å². The number of carbonyl (C=O) groups is 2. The van der Waals surface area contributed by atoms with E-state index in [1.165, 1.54) is 0 Å². The standard InChI is InChI=1S/C14H25NO4/c1-4-10-7-11(12(8-10)14(18)19)13(17)15(3)6-5-9(2)16/h9-12,16H,4-8H2,1-3H3,(H,18,19)/t9?,10?,11-,12+/m0/s1. The van der Waals surface area contributed by atoms with Gasteiger partial charge in [-0.1, -0.05) is 13.3 Å². The normalized spacial score (nSPS) is 28.1. The Labute approximate surface area is 114 Å². The van der Waals surface area contributed by atoms with Crippen molar-refractivity contribution in [1.82, 2.24) is 4.90 Å². The first kappa shape index (κ1) is 16.0. The van der Waals surface area contributed by atoms with Crippen molar-refractivity contribution in [1.29, 1.82) is 0 Å². The summed E-state index contributed by atoms with van der Waals surface area (Å²) in [5.41, 5.74) is 0. The Bertz CT molecular complexity index is 329. The van der Waals surface area contributed by atoms with Crippen molar-refractivity contribution in [2.24, 2.45) is 17.8 Å². The van der Waals surface area contributed by atoms with E-state index in [9.17, 15) is 19.8 Å². The molecule has 0 bridgehead atoms. The number of hydrogen-bond acceptors (Lipinski definition) is 3. The first-order valence-electron chi connectivity index (χ1n) is 7.02. The lowest BCUT2D eigenvalue weighted by molar-refractivity contribution is -0.148. The molecule has 0 aromatic carbocycles. The molecule has 0 spiro atoms. The lowest BCUT2D eigenvalue weighted by atomic mass is 9.95. The fourth-order valence-electron chi connectivity index (χ4n) is 2.80. The highest BCUT2D eigenvalue weighted by molar-refractivity contribution is 5.85. The Hall–Kier alpha value is -1.10. The average molecular weight is 271 g/mol. The summed E-state index contributed by atoms with van der Waals surface area (Å²) in [5, 5.41) is 18.5. The summed E-state index contributed by atoms with van der Waals surface area (Å²) in [4.78, 5) is 25.1. The predicted molar refractivity (Wildman–Crippen MR) is 71.6 cm³/mol. The van der Waals surface area contributed by atoms with Gasteiger partial charge in [-0.05, 0) is 32.1 Å². The maximum absolute atomic E-state index is 12.3. The van der Waals surface area contributed by atoms with E-state index in [0.29, 0.717) is 31.7 Å². The third kappa shape index (κ3) is 4.20. The molecule has 0 radical (unpaired) electrons. The summed E-state index contributed by atoms with van der Waals surface area (Å²) in [7, 11) is 1.68. The molecule has 1 fully saturated rings. The van der Waals surface area contributed by atoms with Gasteiger partial charge in [0.2, 0.25) is 5.91 Å². The zero-order valence-corrected chi connectivity index (χ0v) is 12.0. The Morgan fingerprint density at radius 3 is 2.37 bits per heavy atom. The van der Waals surface area contributed by atoms with Crippen LogP contribution in [-0.4, -0.2) is 46.7 Å². The van der Waals surface area contributed by atoms with E-state index >= 15 is 0 Å². The van der Waals surface area contributed by atoms with Gasteiger partial charge in [0.1, 0.15) is 0 Å². The molecule has 0 heterocycles. The van der Waals surface area contributed by atoms with E-state index in [0.717, 1.165) is 6.42 Å². The number of aliphatic carboxylic acids is 1. The van der Waals surface area contributed by atoms with Gasteiger partial charge >= 0.3 is 5.97 Å². The molecule has 19 heavy (non-hydrogen) atoms. The van der Waals surface area contributed by atoms with Crippen LogP contribution in [0.1, 0.15) is 39.5 Å². The number of aliphatic hydroxyl groups excluding tert-OH is 1. The third-order valence-corrected chi connectivity index (χ3v) is 4.13. The number of hydrogen-bond donors (Lipinski definition) is 2. The molecule has 1 aliphatic rings. The summed E-state index contributed by atoms with van der Waals surface area (Å²) in [6.45, 7) is 4.19. The van der Waals surface area contributed by atoms with Crippen molar-refractivity contribution in [3.05, 3.63) is 0 Å². The molecular weight excluding hydrogens is 246 g/mol. The molecule has 1 aliphatic carbocycles. The lowest BCUT2D eigenvalue weighted by Gasteiger charge is -2.24. The van der Waals surface area contributed by atoms with Crippen molar-refractivity contribution in [3.8, 4) is 0 Å². The second-order valence-corrected chi connectivity index (χ2v) is 5.69. The summed E-state index contributed by atoms with van der Waals surface area (Å²) >= 11 is 0. The van der Waals surface area contributed by atoms with Crippen LogP contribution in [-0.2, 0) is 9.59 Å². The summed E-state index contributed by atoms with van der Waals surface area (Å²) in [6, 6.07) is 0. The molecule has 5 nitrogen and oxygen atoms in total. The Morgan fingerprint density at radius 2 is 1.89 bits per heavy atom. The van der Waals surface area contributed by atoms with Crippen LogP contribution < -0.4 is 0 Å². The molecule has 0 aromatic heterocycles. The van der Waals surface area contributed by atoms with Gasteiger partial charge in [-0.2, -0.15) is 0 Å². The van der Waals surface area contributed by atoms with Gasteiger partial charge in [-0.3, -0.25) is 9.59 Å². The topological polar surface area (TPSA) is 77.8 Å².